The smallest absolute Gasteiger partial charge is 0.255 e. The molecule has 9 nitrogen and oxygen atoms in total. The van der Waals surface area contributed by atoms with Gasteiger partial charge in [-0.3, -0.25) is 9.48 Å². The molecule has 4 N–H and O–H groups in total. The molecule has 2 heterocycles. The van der Waals surface area contributed by atoms with Crippen molar-refractivity contribution in [3.63, 3.8) is 0 Å². The number of carbonyl (C=O) groups excluding carboxylic acids is 1. The average Bonchev–Trinajstić information content (AvgIpc) is 3.01. The van der Waals surface area contributed by atoms with Crippen molar-refractivity contribution in [2.24, 2.45) is 5.14 Å². The number of hydrogen-bond donors (Lipinski definition) is 3. The van der Waals surface area contributed by atoms with Gasteiger partial charge in [0.25, 0.3) is 5.91 Å². The van der Waals surface area contributed by atoms with Gasteiger partial charge in [-0.05, 0) is 24.3 Å². The van der Waals surface area contributed by atoms with E-state index in [9.17, 15) is 13.2 Å². The Morgan fingerprint density at radius 1 is 1.44 bits per heavy atom. The van der Waals surface area contributed by atoms with Crippen molar-refractivity contribution in [2.45, 2.75) is 24.5 Å². The maximum atomic E-state index is 12.4. The fraction of sp³-hybridized carbons (Fsp3) is 0.333. The van der Waals surface area contributed by atoms with E-state index in [1.54, 1.807) is 0 Å². The van der Waals surface area contributed by atoms with E-state index in [0.29, 0.717) is 0 Å². The van der Waals surface area contributed by atoms with Crippen molar-refractivity contribution >= 4 is 15.9 Å². The Kier molecular flexibility index (Phi) is 4.75. The summed E-state index contributed by atoms with van der Waals surface area (Å²) in [5.74, 6) is -0.204. The first-order chi connectivity index (χ1) is 11.9. The van der Waals surface area contributed by atoms with Crippen molar-refractivity contribution in [3.8, 4) is 5.75 Å². The third kappa shape index (κ3) is 3.81. The van der Waals surface area contributed by atoms with E-state index in [0.717, 1.165) is 31.0 Å². The van der Waals surface area contributed by atoms with E-state index < -0.39 is 15.9 Å². The lowest BCUT2D eigenvalue weighted by atomic mass is 10.2. The van der Waals surface area contributed by atoms with Crippen LogP contribution in [0.4, 0.5) is 0 Å². The van der Waals surface area contributed by atoms with Crippen molar-refractivity contribution < 1.29 is 17.9 Å². The predicted molar refractivity (Wildman–Crippen MR) is 89.5 cm³/mol. The first-order valence-electron chi connectivity index (χ1n) is 7.64. The number of amides is 1. The second kappa shape index (κ2) is 6.82. The monoisotopic (exact) mass is 365 g/mol. The summed E-state index contributed by atoms with van der Waals surface area (Å²) in [5, 5.41) is 15.5. The highest BCUT2D eigenvalue weighted by molar-refractivity contribution is 7.89. The van der Waals surface area contributed by atoms with Crippen LogP contribution in [0.2, 0.25) is 0 Å². The Morgan fingerprint density at radius 2 is 2.24 bits per heavy atom. The molecule has 0 saturated heterocycles. The minimum Gasteiger partial charge on any atom is -0.496 e. The number of carbonyl (C=O) groups is 1. The van der Waals surface area contributed by atoms with Gasteiger partial charge in [0.2, 0.25) is 10.0 Å². The van der Waals surface area contributed by atoms with Gasteiger partial charge < -0.3 is 15.4 Å². The van der Waals surface area contributed by atoms with Crippen molar-refractivity contribution in [3.05, 3.63) is 41.2 Å². The van der Waals surface area contributed by atoms with Crippen LogP contribution >= 0.6 is 0 Å². The first kappa shape index (κ1) is 17.4. The summed E-state index contributed by atoms with van der Waals surface area (Å²) in [6, 6.07) is 5.81. The molecule has 1 amide bonds. The van der Waals surface area contributed by atoms with Gasteiger partial charge in [-0.15, -0.1) is 0 Å². The van der Waals surface area contributed by atoms with Gasteiger partial charge in [-0.25, -0.2) is 13.6 Å². The molecule has 0 spiro atoms. The number of aromatic nitrogens is 2. The van der Waals surface area contributed by atoms with Crippen LogP contribution in [0.25, 0.3) is 0 Å². The standard InChI is InChI=1S/C15H19N5O4S/c1-24-14-3-2-12(25(16,22)23)7-13(14)15(21)18-8-10-6-11-9-17-4-5-20(11)19-10/h2-3,6-7,17H,4-5,8-9H2,1H3,(H,18,21)(H2,16,22,23). The Labute approximate surface area is 145 Å². The summed E-state index contributed by atoms with van der Waals surface area (Å²) in [6.45, 7) is 2.61. The molecule has 10 heteroatoms. The molecule has 0 radical (unpaired) electrons. The third-order valence-electron chi connectivity index (χ3n) is 3.89. The molecule has 3 rings (SSSR count). The van der Waals surface area contributed by atoms with Gasteiger partial charge in [-0.1, -0.05) is 0 Å². The number of nitrogens with one attached hydrogen (secondary N) is 2. The number of fused-ring (bicyclic) bond motifs is 1. The van der Waals surface area contributed by atoms with E-state index in [4.69, 9.17) is 9.88 Å². The lowest BCUT2D eigenvalue weighted by Crippen LogP contribution is -2.28. The first-order valence-corrected chi connectivity index (χ1v) is 9.18. The van der Waals surface area contributed by atoms with E-state index in [1.165, 1.54) is 25.3 Å². The molecule has 1 aliphatic rings. The largest absolute Gasteiger partial charge is 0.496 e. The maximum absolute atomic E-state index is 12.4. The molecule has 0 bridgehead atoms. The molecular formula is C15H19N5O4S. The molecule has 0 atom stereocenters. The van der Waals surface area contributed by atoms with E-state index in [2.05, 4.69) is 15.7 Å². The number of benzene rings is 1. The normalized spacial score (nSPS) is 14.0. The summed E-state index contributed by atoms with van der Waals surface area (Å²) >= 11 is 0. The van der Waals surface area contributed by atoms with Gasteiger partial charge >= 0.3 is 0 Å². The minimum absolute atomic E-state index is 0.0969. The Balaban J connectivity index is 1.77. The number of primary sulfonamides is 1. The topological polar surface area (TPSA) is 128 Å². The SMILES string of the molecule is COc1ccc(S(N)(=O)=O)cc1C(=O)NCc1cc2n(n1)CCNC2. The predicted octanol–water partition coefficient (Wildman–Crippen LogP) is -0.428. The van der Waals surface area contributed by atoms with Crippen molar-refractivity contribution in [1.29, 1.82) is 0 Å². The van der Waals surface area contributed by atoms with Gasteiger partial charge in [0, 0.05) is 13.1 Å². The lowest BCUT2D eigenvalue weighted by Gasteiger charge is -2.13. The molecule has 0 fully saturated rings. The number of nitrogens with zero attached hydrogens (tertiary/aromatic N) is 2. The maximum Gasteiger partial charge on any atom is 0.255 e. The summed E-state index contributed by atoms with van der Waals surface area (Å²) in [6.07, 6.45) is 0. The van der Waals surface area contributed by atoms with Gasteiger partial charge in [0.15, 0.2) is 0 Å². The molecule has 134 valence electrons. The average molecular weight is 365 g/mol. The minimum atomic E-state index is -3.91. The van der Waals surface area contributed by atoms with Crippen molar-refractivity contribution in [1.82, 2.24) is 20.4 Å². The van der Waals surface area contributed by atoms with Crippen LogP contribution < -0.4 is 20.5 Å². The fourth-order valence-electron chi connectivity index (χ4n) is 2.65. The molecule has 0 unspecified atom stereocenters. The molecule has 0 aliphatic carbocycles. The number of ether oxygens (including phenoxy) is 1. The molecule has 25 heavy (non-hydrogen) atoms. The number of rotatable bonds is 5. The number of nitrogens with two attached hydrogens (primary N) is 1. The van der Waals surface area contributed by atoms with E-state index >= 15 is 0 Å². The Bertz CT molecular complexity index is 883. The van der Waals surface area contributed by atoms with Crippen LogP contribution in [-0.4, -0.2) is 37.8 Å². The third-order valence-corrected chi connectivity index (χ3v) is 4.81. The van der Waals surface area contributed by atoms with Crippen LogP contribution in [-0.2, 0) is 29.7 Å². The number of hydrogen-bond acceptors (Lipinski definition) is 6. The molecule has 2 aromatic rings. The van der Waals surface area contributed by atoms with Crippen LogP contribution in [0.5, 0.6) is 5.75 Å². The highest BCUT2D eigenvalue weighted by Crippen LogP contribution is 2.22. The second-order valence-corrected chi connectivity index (χ2v) is 7.18. The summed E-state index contributed by atoms with van der Waals surface area (Å²) in [5.41, 5.74) is 1.89. The molecule has 0 saturated carbocycles. The van der Waals surface area contributed by atoms with Crippen LogP contribution in [0.3, 0.4) is 0 Å². The van der Waals surface area contributed by atoms with Crippen LogP contribution in [0.15, 0.2) is 29.2 Å². The zero-order valence-corrected chi connectivity index (χ0v) is 14.5. The fourth-order valence-corrected chi connectivity index (χ4v) is 3.19. The molecular weight excluding hydrogens is 346 g/mol. The van der Waals surface area contributed by atoms with Gasteiger partial charge in [0.1, 0.15) is 5.75 Å². The molecule has 1 aromatic heterocycles. The molecule has 1 aliphatic heterocycles. The zero-order chi connectivity index (χ0) is 18.0. The Morgan fingerprint density at radius 3 is 2.92 bits per heavy atom. The quantitative estimate of drug-likeness (QED) is 0.660. The van der Waals surface area contributed by atoms with Crippen LogP contribution in [0.1, 0.15) is 21.7 Å². The molecule has 1 aromatic carbocycles. The summed E-state index contributed by atoms with van der Waals surface area (Å²) in [7, 11) is -2.51. The summed E-state index contributed by atoms with van der Waals surface area (Å²) < 4.78 is 30.0. The number of methoxy groups -OCH3 is 1. The second-order valence-electron chi connectivity index (χ2n) is 5.62. The van der Waals surface area contributed by atoms with Gasteiger partial charge in [0.05, 0.1) is 42.0 Å². The van der Waals surface area contributed by atoms with Crippen LogP contribution in [0, 0.1) is 0 Å². The lowest BCUT2D eigenvalue weighted by molar-refractivity contribution is 0.0947. The highest BCUT2D eigenvalue weighted by atomic mass is 32.2. The van der Waals surface area contributed by atoms with E-state index in [1.807, 2.05) is 10.7 Å². The van der Waals surface area contributed by atoms with Crippen molar-refractivity contribution in [2.75, 3.05) is 13.7 Å². The van der Waals surface area contributed by atoms with E-state index in [-0.39, 0.29) is 22.8 Å². The summed E-state index contributed by atoms with van der Waals surface area (Å²) in [4.78, 5) is 12.3. The number of sulfonamides is 1. The zero-order valence-electron chi connectivity index (χ0n) is 13.7. The Hall–Kier alpha value is -2.43. The van der Waals surface area contributed by atoms with Gasteiger partial charge in [-0.2, -0.15) is 5.10 Å². The highest BCUT2D eigenvalue weighted by Gasteiger charge is 2.18.